The van der Waals surface area contributed by atoms with Crippen LogP contribution in [0.25, 0.3) is 0 Å². The van der Waals surface area contributed by atoms with Gasteiger partial charge in [-0.15, -0.1) is 0 Å². The molecule has 0 aromatic heterocycles. The minimum absolute atomic E-state index is 0.0306. The van der Waals surface area contributed by atoms with Crippen molar-refractivity contribution in [3.63, 3.8) is 0 Å². The maximum atomic E-state index is 12.6. The first-order chi connectivity index (χ1) is 9.13. The lowest BCUT2D eigenvalue weighted by molar-refractivity contribution is -0.139. The SMILES string of the molecule is CCC1CN(C(=O)C(C)N2CCNCC2)CCN1C. The van der Waals surface area contributed by atoms with Crippen molar-refractivity contribution in [2.45, 2.75) is 32.4 Å². The number of hydrogen-bond donors (Lipinski definition) is 1. The highest BCUT2D eigenvalue weighted by Gasteiger charge is 2.31. The van der Waals surface area contributed by atoms with Crippen molar-refractivity contribution in [3.05, 3.63) is 0 Å². The van der Waals surface area contributed by atoms with Crippen LogP contribution in [0.15, 0.2) is 0 Å². The fourth-order valence-corrected chi connectivity index (χ4v) is 3.08. The van der Waals surface area contributed by atoms with Gasteiger partial charge in [-0.1, -0.05) is 6.92 Å². The van der Waals surface area contributed by atoms with E-state index in [1.807, 2.05) is 0 Å². The number of nitrogens with zero attached hydrogens (tertiary/aromatic N) is 3. The predicted octanol–water partition coefficient (Wildman–Crippen LogP) is -0.167. The van der Waals surface area contributed by atoms with Gasteiger partial charge in [-0.05, 0) is 20.4 Å². The van der Waals surface area contributed by atoms with Crippen LogP contribution in [0.1, 0.15) is 20.3 Å². The summed E-state index contributed by atoms with van der Waals surface area (Å²) in [7, 11) is 2.16. The van der Waals surface area contributed by atoms with Crippen LogP contribution >= 0.6 is 0 Å². The van der Waals surface area contributed by atoms with Gasteiger partial charge < -0.3 is 10.2 Å². The monoisotopic (exact) mass is 268 g/mol. The standard InChI is InChI=1S/C14H28N4O/c1-4-13-11-18(10-9-16(13)3)14(19)12(2)17-7-5-15-6-8-17/h12-13,15H,4-11H2,1-3H3. The molecule has 0 bridgehead atoms. The Morgan fingerprint density at radius 2 is 1.95 bits per heavy atom. The molecular formula is C14H28N4O. The molecule has 0 aromatic carbocycles. The molecule has 0 spiro atoms. The number of carbonyl (C=O) groups excluding carboxylic acids is 1. The number of rotatable bonds is 3. The Morgan fingerprint density at radius 1 is 1.26 bits per heavy atom. The van der Waals surface area contributed by atoms with Gasteiger partial charge in [0.15, 0.2) is 0 Å². The van der Waals surface area contributed by atoms with Crippen LogP contribution in [-0.2, 0) is 4.79 Å². The average Bonchev–Trinajstić information content (AvgIpc) is 2.47. The van der Waals surface area contributed by atoms with E-state index in [4.69, 9.17) is 0 Å². The van der Waals surface area contributed by atoms with E-state index < -0.39 is 0 Å². The number of piperazine rings is 2. The molecule has 1 amide bonds. The van der Waals surface area contributed by atoms with Crippen molar-refractivity contribution in [2.75, 3.05) is 52.9 Å². The van der Waals surface area contributed by atoms with Gasteiger partial charge in [0.2, 0.25) is 5.91 Å². The molecular weight excluding hydrogens is 240 g/mol. The lowest BCUT2D eigenvalue weighted by atomic mass is 10.1. The summed E-state index contributed by atoms with van der Waals surface area (Å²) in [6, 6.07) is 0.552. The highest BCUT2D eigenvalue weighted by molar-refractivity contribution is 5.81. The molecule has 1 N–H and O–H groups in total. The zero-order valence-electron chi connectivity index (χ0n) is 12.6. The molecule has 5 nitrogen and oxygen atoms in total. The van der Waals surface area contributed by atoms with Gasteiger partial charge in [0.25, 0.3) is 0 Å². The second-order valence-corrected chi connectivity index (χ2v) is 5.79. The normalized spacial score (nSPS) is 28.4. The molecule has 0 aliphatic carbocycles. The Balaban J connectivity index is 1.91. The van der Waals surface area contributed by atoms with Crippen molar-refractivity contribution in [1.29, 1.82) is 0 Å². The Labute approximate surface area is 116 Å². The van der Waals surface area contributed by atoms with Gasteiger partial charge in [-0.3, -0.25) is 14.6 Å². The van der Waals surface area contributed by atoms with Gasteiger partial charge in [0, 0.05) is 51.9 Å². The first-order valence-corrected chi connectivity index (χ1v) is 7.57. The first-order valence-electron chi connectivity index (χ1n) is 7.57. The predicted molar refractivity (Wildman–Crippen MR) is 77.2 cm³/mol. The molecule has 0 radical (unpaired) electrons. The van der Waals surface area contributed by atoms with Crippen molar-refractivity contribution < 1.29 is 4.79 Å². The molecule has 2 rings (SSSR count). The molecule has 110 valence electrons. The maximum Gasteiger partial charge on any atom is 0.239 e. The van der Waals surface area contributed by atoms with Gasteiger partial charge in [0.05, 0.1) is 6.04 Å². The van der Waals surface area contributed by atoms with Crippen molar-refractivity contribution in [3.8, 4) is 0 Å². The van der Waals surface area contributed by atoms with E-state index in [-0.39, 0.29) is 6.04 Å². The van der Waals surface area contributed by atoms with Crippen LogP contribution in [-0.4, -0.2) is 85.6 Å². The smallest absolute Gasteiger partial charge is 0.239 e. The topological polar surface area (TPSA) is 38.8 Å². The second kappa shape index (κ2) is 6.68. The molecule has 0 aromatic rings. The molecule has 2 fully saturated rings. The molecule has 2 unspecified atom stereocenters. The third-order valence-electron chi connectivity index (χ3n) is 4.62. The van der Waals surface area contributed by atoms with Gasteiger partial charge in [-0.25, -0.2) is 0 Å². The van der Waals surface area contributed by atoms with E-state index in [1.54, 1.807) is 0 Å². The van der Waals surface area contributed by atoms with Crippen molar-refractivity contribution >= 4 is 5.91 Å². The number of hydrogen-bond acceptors (Lipinski definition) is 4. The minimum Gasteiger partial charge on any atom is -0.338 e. The Bertz CT molecular complexity index is 304. The van der Waals surface area contributed by atoms with E-state index in [0.29, 0.717) is 11.9 Å². The molecule has 2 aliphatic rings. The summed E-state index contributed by atoms with van der Waals surface area (Å²) >= 11 is 0. The average molecular weight is 268 g/mol. The molecule has 2 saturated heterocycles. The number of carbonyl (C=O) groups is 1. The lowest BCUT2D eigenvalue weighted by Gasteiger charge is -2.42. The molecule has 5 heteroatoms. The highest BCUT2D eigenvalue weighted by Crippen LogP contribution is 2.13. The summed E-state index contributed by atoms with van der Waals surface area (Å²) in [5.74, 6) is 0.313. The summed E-state index contributed by atoms with van der Waals surface area (Å²) in [6.07, 6.45) is 1.11. The Morgan fingerprint density at radius 3 is 2.58 bits per heavy atom. The molecule has 2 aliphatic heterocycles. The highest BCUT2D eigenvalue weighted by atomic mass is 16.2. The van der Waals surface area contributed by atoms with E-state index in [1.165, 1.54) is 0 Å². The number of amides is 1. The summed E-state index contributed by atoms with van der Waals surface area (Å²) in [5, 5.41) is 3.34. The lowest BCUT2D eigenvalue weighted by Crippen LogP contribution is -2.58. The van der Waals surface area contributed by atoms with Crippen molar-refractivity contribution in [1.82, 2.24) is 20.0 Å². The third-order valence-corrected chi connectivity index (χ3v) is 4.62. The molecule has 0 saturated carbocycles. The van der Waals surface area contributed by atoms with E-state index in [0.717, 1.165) is 52.2 Å². The number of nitrogens with one attached hydrogen (secondary N) is 1. The van der Waals surface area contributed by atoms with Gasteiger partial charge in [-0.2, -0.15) is 0 Å². The largest absolute Gasteiger partial charge is 0.338 e. The van der Waals surface area contributed by atoms with Crippen molar-refractivity contribution in [2.24, 2.45) is 0 Å². The van der Waals surface area contributed by atoms with Crippen LogP contribution < -0.4 is 5.32 Å². The minimum atomic E-state index is 0.0306. The maximum absolute atomic E-state index is 12.6. The van der Waals surface area contributed by atoms with Gasteiger partial charge in [0.1, 0.15) is 0 Å². The van der Waals surface area contributed by atoms with Crippen LogP contribution in [0.2, 0.25) is 0 Å². The summed E-state index contributed by atoms with van der Waals surface area (Å²) in [6.45, 7) is 11.0. The quantitative estimate of drug-likeness (QED) is 0.771. The van der Waals surface area contributed by atoms with Crippen LogP contribution in [0.3, 0.4) is 0 Å². The van der Waals surface area contributed by atoms with Gasteiger partial charge >= 0.3 is 0 Å². The van der Waals surface area contributed by atoms with E-state index in [9.17, 15) is 4.79 Å². The fourth-order valence-electron chi connectivity index (χ4n) is 3.08. The molecule has 2 atom stereocenters. The first kappa shape index (κ1) is 14.8. The van der Waals surface area contributed by atoms with Crippen LogP contribution in [0.4, 0.5) is 0 Å². The third kappa shape index (κ3) is 3.46. The van der Waals surface area contributed by atoms with E-state index in [2.05, 4.69) is 40.9 Å². The molecule has 2 heterocycles. The molecule has 19 heavy (non-hydrogen) atoms. The zero-order valence-corrected chi connectivity index (χ0v) is 12.6. The van der Waals surface area contributed by atoms with Crippen LogP contribution in [0.5, 0.6) is 0 Å². The Kier molecular flexibility index (Phi) is 5.19. The summed E-state index contributed by atoms with van der Waals surface area (Å²) in [4.78, 5) is 19.4. The fraction of sp³-hybridized carbons (Fsp3) is 0.929. The van der Waals surface area contributed by atoms with E-state index >= 15 is 0 Å². The Hall–Kier alpha value is -0.650. The zero-order chi connectivity index (χ0) is 13.8. The summed E-state index contributed by atoms with van der Waals surface area (Å²) < 4.78 is 0. The number of likely N-dealkylation sites (N-methyl/N-ethyl adjacent to an activating group) is 1. The summed E-state index contributed by atoms with van der Waals surface area (Å²) in [5.41, 5.74) is 0. The van der Waals surface area contributed by atoms with Crippen LogP contribution in [0, 0.1) is 0 Å². The second-order valence-electron chi connectivity index (χ2n) is 5.79.